The Hall–Kier alpha value is -0.990. The normalized spacial score (nSPS) is 37.5. The van der Waals surface area contributed by atoms with Crippen LogP contribution in [0, 0.1) is 22.7 Å². The predicted molar refractivity (Wildman–Crippen MR) is 96.5 cm³/mol. The molecule has 136 valence electrons. The number of hydrogen-bond acceptors (Lipinski definition) is 5. The molecule has 2 bridgehead atoms. The Bertz CT molecular complexity index is 749. The fourth-order valence-electron chi connectivity index (χ4n) is 6.46. The van der Waals surface area contributed by atoms with E-state index < -0.39 is 22.6 Å². The summed E-state index contributed by atoms with van der Waals surface area (Å²) in [4.78, 5) is 30.4. The van der Waals surface area contributed by atoms with Crippen molar-refractivity contribution in [2.75, 3.05) is 6.61 Å². The number of carbonyl (C=O) groups is 2. The molecule has 2 amide bonds. The Kier molecular flexibility index (Phi) is 3.84. The van der Waals surface area contributed by atoms with Crippen LogP contribution in [0.2, 0.25) is 0 Å². The molecule has 25 heavy (non-hydrogen) atoms. The van der Waals surface area contributed by atoms with Gasteiger partial charge in [-0.25, -0.2) is 4.98 Å². The van der Waals surface area contributed by atoms with Crippen LogP contribution in [0.3, 0.4) is 0 Å². The Morgan fingerprint density at radius 3 is 2.44 bits per heavy atom. The highest BCUT2D eigenvalue weighted by Crippen LogP contribution is 2.83. The summed E-state index contributed by atoms with van der Waals surface area (Å²) < 4.78 is 0.802. The fourth-order valence-corrected chi connectivity index (χ4v) is 8.00. The second-order valence-corrected chi connectivity index (χ2v) is 10.1. The van der Waals surface area contributed by atoms with Gasteiger partial charge in [-0.2, -0.15) is 0 Å². The van der Waals surface area contributed by atoms with Gasteiger partial charge in [0.25, 0.3) is 0 Å². The average Bonchev–Trinajstić information content (AvgIpc) is 3.03. The van der Waals surface area contributed by atoms with Gasteiger partial charge in [0.05, 0.1) is 15.4 Å². The molecule has 3 aliphatic rings. The molecule has 3 aliphatic carbocycles. The molecule has 0 unspecified atom stereocenters. The van der Waals surface area contributed by atoms with Crippen molar-refractivity contribution < 1.29 is 14.7 Å². The molecule has 3 fully saturated rings. The van der Waals surface area contributed by atoms with Gasteiger partial charge < -0.3 is 16.6 Å². The van der Waals surface area contributed by atoms with Crippen molar-refractivity contribution >= 4 is 39.1 Å². The summed E-state index contributed by atoms with van der Waals surface area (Å²) in [6, 6.07) is 0. The predicted octanol–water partition coefficient (Wildman–Crippen LogP) is 1.69. The minimum absolute atomic E-state index is 0.00624. The number of aliphatic hydroxyl groups is 1. The zero-order valence-electron chi connectivity index (χ0n) is 13.8. The third kappa shape index (κ3) is 1.85. The number of nitrogens with zero attached hydrogens (tertiary/aromatic N) is 1. The number of carbonyl (C=O) groups excluding carboxylic acids is 2. The highest BCUT2D eigenvalue weighted by atomic mass is 79.9. The molecule has 0 radical (unpaired) electrons. The smallest absolute Gasteiger partial charge is 0.231 e. The first-order valence-electron chi connectivity index (χ1n) is 8.70. The van der Waals surface area contributed by atoms with E-state index in [1.165, 1.54) is 11.3 Å². The molecule has 1 heterocycles. The van der Waals surface area contributed by atoms with E-state index >= 15 is 0 Å². The van der Waals surface area contributed by atoms with Crippen molar-refractivity contribution in [1.82, 2.24) is 4.98 Å². The van der Waals surface area contributed by atoms with Crippen LogP contribution in [0.25, 0.3) is 0 Å². The number of primary amides is 2. The van der Waals surface area contributed by atoms with Crippen molar-refractivity contribution in [3.05, 3.63) is 15.0 Å². The van der Waals surface area contributed by atoms with Gasteiger partial charge >= 0.3 is 0 Å². The number of thiazole rings is 1. The number of rotatable bonds is 6. The fraction of sp³-hybridized carbons (Fsp3) is 0.706. The number of nitrogens with two attached hydrogens (primary N) is 2. The molecule has 0 aliphatic heterocycles. The van der Waals surface area contributed by atoms with Crippen LogP contribution in [-0.4, -0.2) is 28.5 Å². The molecule has 1 aromatic rings. The van der Waals surface area contributed by atoms with Gasteiger partial charge in [0.15, 0.2) is 0 Å². The minimum atomic E-state index is -1.16. The van der Waals surface area contributed by atoms with E-state index in [4.69, 9.17) is 11.5 Å². The lowest BCUT2D eigenvalue weighted by molar-refractivity contribution is -0.147. The molecule has 5 N–H and O–H groups in total. The topological polar surface area (TPSA) is 119 Å². The second kappa shape index (κ2) is 5.50. The van der Waals surface area contributed by atoms with E-state index in [2.05, 4.69) is 20.9 Å². The largest absolute Gasteiger partial charge is 0.396 e. The quantitative estimate of drug-likeness (QED) is 0.639. The maximum atomic E-state index is 13.0. The van der Waals surface area contributed by atoms with Crippen LogP contribution in [0.15, 0.2) is 9.98 Å². The number of aromatic nitrogens is 1. The van der Waals surface area contributed by atoms with Gasteiger partial charge in [-0.05, 0) is 71.7 Å². The Morgan fingerprint density at radius 2 is 1.96 bits per heavy atom. The number of aliphatic hydroxyl groups excluding tert-OH is 1. The maximum Gasteiger partial charge on any atom is 0.231 e. The molecule has 4 rings (SSSR count). The number of halogens is 1. The molecule has 8 heteroatoms. The summed E-state index contributed by atoms with van der Waals surface area (Å²) in [6.45, 7) is -0.0458. The van der Waals surface area contributed by atoms with Gasteiger partial charge in [0.1, 0.15) is 10.4 Å². The van der Waals surface area contributed by atoms with Crippen LogP contribution in [0.5, 0.6) is 0 Å². The average molecular weight is 428 g/mol. The summed E-state index contributed by atoms with van der Waals surface area (Å²) in [5, 5.41) is 10.0. The lowest BCUT2D eigenvalue weighted by Gasteiger charge is -2.48. The molecule has 6 nitrogen and oxygen atoms in total. The standard InChI is InChI=1S/C17H22BrN3O3S/c18-11-8-21-14(25-11)17(13(20)24)10-3-2-9(15(10)5-6-15)16(17,12(19)23)4-1-7-22/h8-10,22H,1-7H2,(H2,19,23)(H2,20,24)/t9-,10+,16+,17-/m1/s1. The summed E-state index contributed by atoms with van der Waals surface area (Å²) >= 11 is 4.79. The molecule has 1 spiro atoms. The van der Waals surface area contributed by atoms with E-state index in [0.717, 1.165) is 29.5 Å². The van der Waals surface area contributed by atoms with Crippen molar-refractivity contribution in [3.8, 4) is 0 Å². The zero-order valence-corrected chi connectivity index (χ0v) is 16.2. The highest BCUT2D eigenvalue weighted by molar-refractivity contribution is 9.11. The summed E-state index contributed by atoms with van der Waals surface area (Å²) in [7, 11) is 0. The highest BCUT2D eigenvalue weighted by Gasteiger charge is 2.84. The SMILES string of the molecule is NC(=O)[C@]1(CCCO)[C@@H]2CC[C@@H](C23CC3)[C@@]1(C(N)=O)c1ncc(Br)s1. The van der Waals surface area contributed by atoms with Crippen LogP contribution < -0.4 is 11.5 Å². The molecule has 3 saturated carbocycles. The number of amides is 2. The lowest BCUT2D eigenvalue weighted by atomic mass is 9.53. The first-order chi connectivity index (χ1) is 11.9. The van der Waals surface area contributed by atoms with Gasteiger partial charge in [-0.3, -0.25) is 9.59 Å². The molecular weight excluding hydrogens is 406 g/mol. The zero-order chi connectivity index (χ0) is 18.0. The van der Waals surface area contributed by atoms with Crippen LogP contribution in [-0.2, 0) is 15.0 Å². The Balaban J connectivity index is 2.01. The second-order valence-electron chi connectivity index (χ2n) is 7.72. The van der Waals surface area contributed by atoms with Crippen molar-refractivity contribution in [1.29, 1.82) is 0 Å². The van der Waals surface area contributed by atoms with Gasteiger partial charge in [-0.15, -0.1) is 11.3 Å². The summed E-state index contributed by atoms with van der Waals surface area (Å²) in [5.41, 5.74) is 9.80. The Labute approximate surface area is 158 Å². The lowest BCUT2D eigenvalue weighted by Crippen LogP contribution is -2.63. The van der Waals surface area contributed by atoms with Gasteiger partial charge in [0.2, 0.25) is 11.8 Å². The summed E-state index contributed by atoms with van der Waals surface area (Å²) in [6.07, 6.45) is 6.25. The van der Waals surface area contributed by atoms with Crippen LogP contribution in [0.4, 0.5) is 0 Å². The van der Waals surface area contributed by atoms with Crippen molar-refractivity contribution in [2.24, 2.45) is 34.1 Å². The minimum Gasteiger partial charge on any atom is -0.396 e. The van der Waals surface area contributed by atoms with Crippen LogP contribution in [0.1, 0.15) is 43.5 Å². The van der Waals surface area contributed by atoms with Crippen molar-refractivity contribution in [3.63, 3.8) is 0 Å². The van der Waals surface area contributed by atoms with E-state index in [-0.39, 0.29) is 23.9 Å². The maximum absolute atomic E-state index is 13.0. The monoisotopic (exact) mass is 427 g/mol. The molecule has 0 saturated heterocycles. The van der Waals surface area contributed by atoms with E-state index in [9.17, 15) is 14.7 Å². The third-order valence-electron chi connectivity index (χ3n) is 7.15. The number of hydrogen-bond donors (Lipinski definition) is 3. The molecular formula is C17H22BrN3O3S. The van der Waals surface area contributed by atoms with E-state index in [0.29, 0.717) is 17.8 Å². The van der Waals surface area contributed by atoms with Crippen molar-refractivity contribution in [2.45, 2.75) is 43.9 Å². The van der Waals surface area contributed by atoms with E-state index in [1.807, 2.05) is 0 Å². The van der Waals surface area contributed by atoms with Crippen LogP contribution >= 0.6 is 27.3 Å². The Morgan fingerprint density at radius 1 is 1.28 bits per heavy atom. The third-order valence-corrected chi connectivity index (χ3v) is 8.76. The van der Waals surface area contributed by atoms with Gasteiger partial charge in [0, 0.05) is 6.61 Å². The first kappa shape index (κ1) is 17.4. The first-order valence-corrected chi connectivity index (χ1v) is 10.3. The molecule has 1 aromatic heterocycles. The van der Waals surface area contributed by atoms with E-state index in [1.54, 1.807) is 6.20 Å². The van der Waals surface area contributed by atoms with Gasteiger partial charge in [-0.1, -0.05) is 0 Å². The molecule has 0 aromatic carbocycles. The summed E-state index contributed by atoms with van der Waals surface area (Å²) in [5.74, 6) is -0.912. The molecule has 4 atom stereocenters.